The monoisotopic (exact) mass is 286 g/mol. The van der Waals surface area contributed by atoms with E-state index in [9.17, 15) is 0 Å². The van der Waals surface area contributed by atoms with Gasteiger partial charge < -0.3 is 14.8 Å². The first-order chi connectivity index (χ1) is 10.2. The molecule has 0 saturated carbocycles. The van der Waals surface area contributed by atoms with Gasteiger partial charge in [-0.25, -0.2) is 0 Å². The van der Waals surface area contributed by atoms with Gasteiger partial charge in [0.2, 0.25) is 0 Å². The van der Waals surface area contributed by atoms with E-state index in [1.165, 1.54) is 0 Å². The van der Waals surface area contributed by atoms with Crippen LogP contribution in [0.1, 0.15) is 31.0 Å². The van der Waals surface area contributed by atoms with Crippen molar-refractivity contribution >= 4 is 0 Å². The van der Waals surface area contributed by atoms with Crippen molar-refractivity contribution in [1.82, 2.24) is 10.3 Å². The largest absolute Gasteiger partial charge is 0.495 e. The number of methoxy groups -OCH3 is 1. The number of rotatable bonds is 6. The number of aromatic nitrogens is 1. The summed E-state index contributed by atoms with van der Waals surface area (Å²) in [7, 11) is 3.58. The second-order valence-corrected chi connectivity index (χ2v) is 5.04. The first-order valence-corrected chi connectivity index (χ1v) is 7.08. The number of hydrogen-bond donors (Lipinski definition) is 1. The lowest BCUT2D eigenvalue weighted by molar-refractivity contribution is 0.238. The summed E-state index contributed by atoms with van der Waals surface area (Å²) in [6.45, 7) is 4.05. The van der Waals surface area contributed by atoms with Gasteiger partial charge in [-0.2, -0.15) is 0 Å². The number of pyridine rings is 1. The lowest BCUT2D eigenvalue weighted by Gasteiger charge is -2.23. The van der Waals surface area contributed by atoms with Crippen molar-refractivity contribution in [3.05, 3.63) is 53.9 Å². The number of para-hydroxylation sites is 1. The molecule has 2 aromatic rings. The zero-order valence-corrected chi connectivity index (χ0v) is 13.0. The molecular weight excluding hydrogens is 264 g/mol. The highest BCUT2D eigenvalue weighted by Gasteiger charge is 2.20. The molecule has 0 aliphatic carbocycles. The number of ether oxygens (including phenoxy) is 2. The summed E-state index contributed by atoms with van der Waals surface area (Å²) in [5, 5.41) is 3.34. The molecule has 0 bridgehead atoms. The van der Waals surface area contributed by atoms with Gasteiger partial charge in [-0.1, -0.05) is 18.2 Å². The van der Waals surface area contributed by atoms with E-state index < -0.39 is 0 Å². The second kappa shape index (κ2) is 7.09. The zero-order chi connectivity index (χ0) is 15.2. The molecule has 1 atom stereocenters. The van der Waals surface area contributed by atoms with Crippen molar-refractivity contribution in [2.24, 2.45) is 0 Å². The van der Waals surface area contributed by atoms with Gasteiger partial charge in [0, 0.05) is 17.3 Å². The molecule has 0 aliphatic heterocycles. The summed E-state index contributed by atoms with van der Waals surface area (Å²) < 4.78 is 11.4. The molecule has 1 heterocycles. The number of nitrogens with one attached hydrogen (secondary N) is 1. The molecule has 1 unspecified atom stereocenters. The fourth-order valence-corrected chi connectivity index (χ4v) is 2.36. The molecule has 0 amide bonds. The Morgan fingerprint density at radius 2 is 1.76 bits per heavy atom. The highest BCUT2D eigenvalue weighted by atomic mass is 16.5. The minimum absolute atomic E-state index is 0.0158. The van der Waals surface area contributed by atoms with Crippen LogP contribution in [-0.2, 0) is 0 Å². The van der Waals surface area contributed by atoms with Crippen LogP contribution in [0.25, 0.3) is 0 Å². The third kappa shape index (κ3) is 3.52. The molecule has 1 aromatic carbocycles. The van der Waals surface area contributed by atoms with Crippen molar-refractivity contribution in [2.45, 2.75) is 26.0 Å². The normalized spacial score (nSPS) is 12.2. The molecule has 4 heteroatoms. The van der Waals surface area contributed by atoms with E-state index in [0.29, 0.717) is 0 Å². The van der Waals surface area contributed by atoms with Crippen molar-refractivity contribution in [2.75, 3.05) is 14.2 Å². The predicted octanol–water partition coefficient (Wildman–Crippen LogP) is 3.19. The summed E-state index contributed by atoms with van der Waals surface area (Å²) in [4.78, 5) is 4.11. The molecular formula is C17H22N2O2. The maximum absolute atomic E-state index is 5.93. The van der Waals surface area contributed by atoms with Crippen LogP contribution in [0.2, 0.25) is 0 Å². The summed E-state index contributed by atoms with van der Waals surface area (Å²) in [5.41, 5.74) is 2.12. The lowest BCUT2D eigenvalue weighted by atomic mass is 9.98. The van der Waals surface area contributed by atoms with E-state index in [1.54, 1.807) is 19.5 Å². The molecule has 112 valence electrons. The van der Waals surface area contributed by atoms with Crippen LogP contribution >= 0.6 is 0 Å². The summed E-state index contributed by atoms with van der Waals surface area (Å²) >= 11 is 0. The van der Waals surface area contributed by atoms with Gasteiger partial charge in [0.15, 0.2) is 0 Å². The van der Waals surface area contributed by atoms with Gasteiger partial charge in [-0.3, -0.25) is 4.98 Å². The summed E-state index contributed by atoms with van der Waals surface area (Å²) in [6, 6.07) is 10.0. The Morgan fingerprint density at radius 3 is 2.43 bits per heavy atom. The van der Waals surface area contributed by atoms with Gasteiger partial charge in [-0.05, 0) is 33.0 Å². The first kappa shape index (κ1) is 15.3. The molecule has 0 fully saturated rings. The average Bonchev–Trinajstić information content (AvgIpc) is 2.49. The van der Waals surface area contributed by atoms with E-state index in [-0.39, 0.29) is 12.1 Å². The molecule has 0 radical (unpaired) electrons. The zero-order valence-electron chi connectivity index (χ0n) is 13.0. The molecule has 4 nitrogen and oxygen atoms in total. The Bertz CT molecular complexity index is 585. The van der Waals surface area contributed by atoms with Crippen LogP contribution < -0.4 is 14.8 Å². The molecule has 0 saturated heterocycles. The maximum Gasteiger partial charge on any atom is 0.142 e. The molecule has 0 spiro atoms. The smallest absolute Gasteiger partial charge is 0.142 e. The van der Waals surface area contributed by atoms with Crippen LogP contribution in [0.3, 0.4) is 0 Å². The molecule has 21 heavy (non-hydrogen) atoms. The van der Waals surface area contributed by atoms with Gasteiger partial charge >= 0.3 is 0 Å². The van der Waals surface area contributed by atoms with E-state index in [4.69, 9.17) is 9.47 Å². The minimum atomic E-state index is -0.0158. The standard InChI is InChI=1S/C17H22N2O2/c1-12(2)21-15-8-6-5-7-13(15)17(18-3)14-9-10-19-11-16(14)20-4/h5-12,17-18H,1-4H3. The van der Waals surface area contributed by atoms with Crippen LogP contribution in [0.4, 0.5) is 0 Å². The van der Waals surface area contributed by atoms with Crippen molar-refractivity contribution in [3.8, 4) is 11.5 Å². The topological polar surface area (TPSA) is 43.4 Å². The van der Waals surface area contributed by atoms with Gasteiger partial charge in [0.1, 0.15) is 11.5 Å². The Balaban J connectivity index is 2.46. The molecule has 0 aliphatic rings. The third-order valence-electron chi connectivity index (χ3n) is 3.23. The van der Waals surface area contributed by atoms with E-state index in [0.717, 1.165) is 22.6 Å². The number of benzene rings is 1. The SMILES string of the molecule is CNC(c1ccncc1OC)c1ccccc1OC(C)C. The Labute approximate surface area is 126 Å². The number of hydrogen-bond acceptors (Lipinski definition) is 4. The van der Waals surface area contributed by atoms with E-state index >= 15 is 0 Å². The van der Waals surface area contributed by atoms with Gasteiger partial charge in [0.25, 0.3) is 0 Å². The van der Waals surface area contributed by atoms with Crippen LogP contribution in [0.5, 0.6) is 11.5 Å². The van der Waals surface area contributed by atoms with E-state index in [1.807, 2.05) is 45.2 Å². The lowest BCUT2D eigenvalue weighted by Crippen LogP contribution is -2.20. The fourth-order valence-electron chi connectivity index (χ4n) is 2.36. The van der Waals surface area contributed by atoms with E-state index in [2.05, 4.69) is 16.4 Å². The Hall–Kier alpha value is -2.07. The van der Waals surface area contributed by atoms with Crippen LogP contribution in [-0.4, -0.2) is 25.2 Å². The van der Waals surface area contributed by atoms with Crippen LogP contribution in [0.15, 0.2) is 42.7 Å². The van der Waals surface area contributed by atoms with Crippen molar-refractivity contribution in [1.29, 1.82) is 0 Å². The molecule has 1 N–H and O–H groups in total. The molecule has 2 rings (SSSR count). The highest BCUT2D eigenvalue weighted by Crippen LogP contribution is 2.34. The minimum Gasteiger partial charge on any atom is -0.495 e. The summed E-state index contributed by atoms with van der Waals surface area (Å²) in [5.74, 6) is 1.64. The van der Waals surface area contributed by atoms with Crippen molar-refractivity contribution < 1.29 is 9.47 Å². The van der Waals surface area contributed by atoms with Crippen LogP contribution in [0, 0.1) is 0 Å². The predicted molar refractivity (Wildman–Crippen MR) is 83.9 cm³/mol. The summed E-state index contributed by atoms with van der Waals surface area (Å²) in [6.07, 6.45) is 3.63. The van der Waals surface area contributed by atoms with Gasteiger partial charge in [-0.15, -0.1) is 0 Å². The first-order valence-electron chi connectivity index (χ1n) is 7.08. The highest BCUT2D eigenvalue weighted by molar-refractivity contribution is 5.45. The average molecular weight is 286 g/mol. The van der Waals surface area contributed by atoms with Crippen molar-refractivity contribution in [3.63, 3.8) is 0 Å². The number of nitrogens with zero attached hydrogens (tertiary/aromatic N) is 1. The third-order valence-corrected chi connectivity index (χ3v) is 3.23. The maximum atomic E-state index is 5.93. The fraction of sp³-hybridized carbons (Fsp3) is 0.353. The Kier molecular flexibility index (Phi) is 5.17. The second-order valence-electron chi connectivity index (χ2n) is 5.04. The molecule has 1 aromatic heterocycles. The van der Waals surface area contributed by atoms with Gasteiger partial charge in [0.05, 0.1) is 25.5 Å². The quantitative estimate of drug-likeness (QED) is 0.885. The Morgan fingerprint density at radius 1 is 1.05 bits per heavy atom.